The van der Waals surface area contributed by atoms with Gasteiger partial charge in [-0.15, -0.1) is 0 Å². The third kappa shape index (κ3) is 10.2. The van der Waals surface area contributed by atoms with Gasteiger partial charge in [0, 0.05) is 0 Å². The maximum Gasteiger partial charge on any atom is 0.308 e. The number of carbonyl (C=O) groups is 2. The zero-order chi connectivity index (χ0) is 19.0. The summed E-state index contributed by atoms with van der Waals surface area (Å²) >= 11 is 0. The van der Waals surface area contributed by atoms with Crippen LogP contribution in [-0.4, -0.2) is 25.2 Å². The Kier molecular flexibility index (Phi) is 13.3. The maximum atomic E-state index is 12.2. The molecule has 0 aromatic heterocycles. The number of hydrogen-bond acceptors (Lipinski definition) is 4. The van der Waals surface area contributed by atoms with E-state index >= 15 is 0 Å². The molecule has 0 aromatic carbocycles. The lowest BCUT2D eigenvalue weighted by Crippen LogP contribution is -2.28. The summed E-state index contributed by atoms with van der Waals surface area (Å²) in [6.45, 7) is 5.44. The van der Waals surface area contributed by atoms with Crippen molar-refractivity contribution in [2.24, 2.45) is 11.8 Å². The Bertz CT molecular complexity index is 372. The predicted octanol–water partition coefficient (Wildman–Crippen LogP) is 5.82. The minimum atomic E-state index is -0.0732. The van der Waals surface area contributed by atoms with Crippen LogP contribution in [0.15, 0.2) is 0 Å². The first kappa shape index (κ1) is 23.0. The molecule has 0 unspecified atom stereocenters. The van der Waals surface area contributed by atoms with Gasteiger partial charge in [0.15, 0.2) is 0 Å². The van der Waals surface area contributed by atoms with Crippen molar-refractivity contribution in [3.8, 4) is 0 Å². The number of carbonyl (C=O) groups excluding carboxylic acids is 2. The van der Waals surface area contributed by atoms with E-state index in [2.05, 4.69) is 13.8 Å². The molecule has 1 rings (SSSR count). The molecule has 0 bridgehead atoms. The zero-order valence-electron chi connectivity index (χ0n) is 17.1. The van der Waals surface area contributed by atoms with Gasteiger partial charge in [-0.1, -0.05) is 65.2 Å². The van der Waals surface area contributed by atoms with E-state index < -0.39 is 0 Å². The number of esters is 2. The summed E-state index contributed by atoms with van der Waals surface area (Å²) in [5.74, 6) is -0.186. The minimum Gasteiger partial charge on any atom is -0.465 e. The second-order valence-corrected chi connectivity index (χ2v) is 7.71. The molecule has 0 aromatic rings. The molecule has 0 spiro atoms. The van der Waals surface area contributed by atoms with Gasteiger partial charge in [-0.3, -0.25) is 9.59 Å². The second-order valence-electron chi connectivity index (χ2n) is 7.71. The van der Waals surface area contributed by atoms with E-state index in [1.54, 1.807) is 0 Å². The van der Waals surface area contributed by atoms with Gasteiger partial charge >= 0.3 is 11.9 Å². The van der Waals surface area contributed by atoms with Crippen molar-refractivity contribution in [2.75, 3.05) is 13.2 Å². The summed E-state index contributed by atoms with van der Waals surface area (Å²) in [4.78, 5) is 24.2. The molecule has 0 atom stereocenters. The summed E-state index contributed by atoms with van der Waals surface area (Å²) in [6, 6.07) is 0. The van der Waals surface area contributed by atoms with Crippen molar-refractivity contribution in [1.82, 2.24) is 0 Å². The zero-order valence-corrected chi connectivity index (χ0v) is 17.1. The van der Waals surface area contributed by atoms with Crippen LogP contribution >= 0.6 is 0 Å². The third-order valence-corrected chi connectivity index (χ3v) is 5.38. The Labute approximate surface area is 160 Å². The number of unbranched alkanes of at least 4 members (excludes halogenated alkanes) is 8. The largest absolute Gasteiger partial charge is 0.465 e. The fourth-order valence-corrected chi connectivity index (χ4v) is 3.56. The first-order valence-electron chi connectivity index (χ1n) is 11.0. The summed E-state index contributed by atoms with van der Waals surface area (Å²) in [5, 5.41) is 0. The molecule has 0 heterocycles. The van der Waals surface area contributed by atoms with Gasteiger partial charge < -0.3 is 9.47 Å². The number of rotatable bonds is 14. The van der Waals surface area contributed by atoms with E-state index in [1.165, 1.54) is 32.1 Å². The monoisotopic (exact) mass is 368 g/mol. The quantitative estimate of drug-likeness (QED) is 0.286. The summed E-state index contributed by atoms with van der Waals surface area (Å²) in [7, 11) is 0. The minimum absolute atomic E-state index is 0.0243. The van der Waals surface area contributed by atoms with E-state index in [4.69, 9.17) is 9.47 Å². The van der Waals surface area contributed by atoms with Crippen molar-refractivity contribution in [2.45, 2.75) is 104 Å². The Morgan fingerprint density at radius 3 is 1.42 bits per heavy atom. The van der Waals surface area contributed by atoms with Gasteiger partial charge in [-0.2, -0.15) is 0 Å². The Morgan fingerprint density at radius 1 is 0.615 bits per heavy atom. The highest BCUT2D eigenvalue weighted by Gasteiger charge is 2.31. The molecule has 0 saturated heterocycles. The van der Waals surface area contributed by atoms with Crippen LogP contribution in [-0.2, 0) is 19.1 Å². The van der Waals surface area contributed by atoms with Crippen LogP contribution < -0.4 is 0 Å². The van der Waals surface area contributed by atoms with E-state index in [-0.39, 0.29) is 23.8 Å². The number of ether oxygens (including phenoxy) is 2. The first-order chi connectivity index (χ1) is 12.7. The van der Waals surface area contributed by atoms with Crippen LogP contribution in [0.4, 0.5) is 0 Å². The second kappa shape index (κ2) is 15.0. The maximum absolute atomic E-state index is 12.2. The van der Waals surface area contributed by atoms with Crippen molar-refractivity contribution < 1.29 is 19.1 Å². The lowest BCUT2D eigenvalue weighted by molar-refractivity contribution is -0.155. The van der Waals surface area contributed by atoms with E-state index in [0.29, 0.717) is 13.2 Å². The van der Waals surface area contributed by atoms with Crippen molar-refractivity contribution in [3.63, 3.8) is 0 Å². The van der Waals surface area contributed by atoms with Crippen LogP contribution in [0.2, 0.25) is 0 Å². The molecule has 4 nitrogen and oxygen atoms in total. The van der Waals surface area contributed by atoms with E-state index in [1.807, 2.05) is 0 Å². The molecule has 4 heteroatoms. The van der Waals surface area contributed by atoms with Crippen LogP contribution in [0.1, 0.15) is 104 Å². The molecule has 1 aliphatic carbocycles. The van der Waals surface area contributed by atoms with Gasteiger partial charge in [0.05, 0.1) is 25.0 Å². The van der Waals surface area contributed by atoms with Crippen molar-refractivity contribution in [3.05, 3.63) is 0 Å². The Hall–Kier alpha value is -1.06. The molecule has 1 saturated carbocycles. The summed E-state index contributed by atoms with van der Waals surface area (Å²) < 4.78 is 10.8. The molecular formula is C22H40O4. The fourth-order valence-electron chi connectivity index (χ4n) is 3.56. The molecule has 26 heavy (non-hydrogen) atoms. The highest BCUT2D eigenvalue weighted by Crippen LogP contribution is 2.30. The molecule has 0 N–H and O–H groups in total. The normalized spacial score (nSPS) is 19.9. The molecule has 1 fully saturated rings. The average molecular weight is 369 g/mol. The molecule has 0 radical (unpaired) electrons. The predicted molar refractivity (Wildman–Crippen MR) is 105 cm³/mol. The summed E-state index contributed by atoms with van der Waals surface area (Å²) in [6.07, 6.45) is 14.8. The lowest BCUT2D eigenvalue weighted by Gasteiger charge is -2.26. The van der Waals surface area contributed by atoms with Gasteiger partial charge in [0.25, 0.3) is 0 Å². The molecule has 0 aliphatic heterocycles. The molecular weight excluding hydrogens is 328 g/mol. The standard InChI is InChI=1S/C22H40O4/c1-3-5-7-8-9-10-12-18-26-22(24)20-15-13-19(14-16-20)21(23)25-17-11-6-4-2/h19-20H,3-18H2,1-2H3. The molecule has 152 valence electrons. The smallest absolute Gasteiger partial charge is 0.308 e. The lowest BCUT2D eigenvalue weighted by atomic mass is 9.82. The van der Waals surface area contributed by atoms with Gasteiger partial charge in [0.2, 0.25) is 0 Å². The SMILES string of the molecule is CCCCCCCCCOC(=O)C1CCC(C(=O)OCCCCC)CC1. The topological polar surface area (TPSA) is 52.6 Å². The van der Waals surface area contributed by atoms with Crippen LogP contribution in [0, 0.1) is 11.8 Å². The highest BCUT2D eigenvalue weighted by molar-refractivity contribution is 5.75. The first-order valence-corrected chi connectivity index (χ1v) is 11.0. The van der Waals surface area contributed by atoms with Crippen LogP contribution in [0.25, 0.3) is 0 Å². The van der Waals surface area contributed by atoms with Gasteiger partial charge in [-0.25, -0.2) is 0 Å². The van der Waals surface area contributed by atoms with Crippen molar-refractivity contribution in [1.29, 1.82) is 0 Å². The van der Waals surface area contributed by atoms with Crippen molar-refractivity contribution >= 4 is 11.9 Å². The molecule has 1 aliphatic rings. The van der Waals surface area contributed by atoms with Gasteiger partial charge in [0.1, 0.15) is 0 Å². The van der Waals surface area contributed by atoms with Crippen LogP contribution in [0.3, 0.4) is 0 Å². The summed E-state index contributed by atoms with van der Waals surface area (Å²) in [5.41, 5.74) is 0. The Balaban J connectivity index is 2.05. The van der Waals surface area contributed by atoms with Gasteiger partial charge in [-0.05, 0) is 38.5 Å². The fraction of sp³-hybridized carbons (Fsp3) is 0.909. The molecule has 0 amide bonds. The van der Waals surface area contributed by atoms with E-state index in [0.717, 1.165) is 57.8 Å². The van der Waals surface area contributed by atoms with E-state index in [9.17, 15) is 9.59 Å². The van der Waals surface area contributed by atoms with Crippen LogP contribution in [0.5, 0.6) is 0 Å². The average Bonchev–Trinajstić information content (AvgIpc) is 2.67. The highest BCUT2D eigenvalue weighted by atomic mass is 16.5. The third-order valence-electron chi connectivity index (χ3n) is 5.38. The Morgan fingerprint density at radius 2 is 0.962 bits per heavy atom. The number of hydrogen-bond donors (Lipinski definition) is 0.